The first-order valence-corrected chi connectivity index (χ1v) is 14.4. The molecule has 3 heterocycles. The summed E-state index contributed by atoms with van der Waals surface area (Å²) in [6, 6.07) is 15.0. The van der Waals surface area contributed by atoms with Crippen LogP contribution in [0.15, 0.2) is 71.9 Å². The summed E-state index contributed by atoms with van der Waals surface area (Å²) >= 11 is 7.40. The monoisotopic (exact) mass is 540 g/mol. The minimum atomic E-state index is -3.88. The maximum Gasteiger partial charge on any atom is 0.247 e. The van der Waals surface area contributed by atoms with Crippen molar-refractivity contribution in [3.8, 4) is 0 Å². The molecule has 0 spiro atoms. The van der Waals surface area contributed by atoms with Crippen LogP contribution in [-0.4, -0.2) is 41.2 Å². The zero-order valence-electron chi connectivity index (χ0n) is 19.7. The summed E-state index contributed by atoms with van der Waals surface area (Å²) in [6.45, 7) is 2.60. The Balaban J connectivity index is 1.53. The van der Waals surface area contributed by atoms with Crippen LogP contribution in [0, 0.1) is 0 Å². The summed E-state index contributed by atoms with van der Waals surface area (Å²) < 4.78 is 29.3. The number of carbonyl (C=O) groups is 1. The molecule has 36 heavy (non-hydrogen) atoms. The lowest BCUT2D eigenvalue weighted by molar-refractivity contribution is -0.121. The molecule has 1 fully saturated rings. The van der Waals surface area contributed by atoms with Gasteiger partial charge in [0.05, 0.1) is 21.7 Å². The molecule has 2 aromatic heterocycles. The third-order valence-corrected chi connectivity index (χ3v) is 9.56. The Kier molecular flexibility index (Phi) is 7.07. The van der Waals surface area contributed by atoms with Gasteiger partial charge in [-0.15, -0.1) is 0 Å². The van der Waals surface area contributed by atoms with Crippen molar-refractivity contribution in [2.24, 2.45) is 0 Å². The van der Waals surface area contributed by atoms with Crippen molar-refractivity contribution in [2.45, 2.75) is 43.7 Å². The largest absolute Gasteiger partial charge is 0.282 e. The van der Waals surface area contributed by atoms with Crippen LogP contribution in [0.4, 0.5) is 5.13 Å². The highest BCUT2D eigenvalue weighted by molar-refractivity contribution is 7.89. The first-order valence-electron chi connectivity index (χ1n) is 11.7. The summed E-state index contributed by atoms with van der Waals surface area (Å²) in [5.74, 6) is -0.286. The molecule has 10 heteroatoms. The number of sulfonamides is 1. The van der Waals surface area contributed by atoms with Crippen LogP contribution in [0.25, 0.3) is 10.2 Å². The van der Waals surface area contributed by atoms with Crippen molar-refractivity contribution in [1.29, 1.82) is 0 Å². The fraction of sp³-hybridized carbons (Fsp3) is 0.269. The molecular weight excluding hydrogens is 516 g/mol. The topological polar surface area (TPSA) is 83.5 Å². The van der Waals surface area contributed by atoms with Gasteiger partial charge in [0, 0.05) is 24.0 Å². The third kappa shape index (κ3) is 4.76. The Morgan fingerprint density at radius 1 is 1.17 bits per heavy atom. The molecule has 0 saturated carbocycles. The Bertz CT molecular complexity index is 1490. The van der Waals surface area contributed by atoms with Crippen LogP contribution in [-0.2, 0) is 27.8 Å². The van der Waals surface area contributed by atoms with Gasteiger partial charge in [0.25, 0.3) is 0 Å². The van der Waals surface area contributed by atoms with E-state index in [1.54, 1.807) is 29.4 Å². The number of nitrogens with zero attached hydrogens (tertiary/aromatic N) is 4. The molecule has 0 aliphatic carbocycles. The van der Waals surface area contributed by atoms with Crippen molar-refractivity contribution in [1.82, 2.24) is 14.3 Å². The van der Waals surface area contributed by atoms with Crippen molar-refractivity contribution >= 4 is 54.2 Å². The van der Waals surface area contributed by atoms with Crippen LogP contribution in [0.5, 0.6) is 0 Å². The Hall–Kier alpha value is -2.85. The van der Waals surface area contributed by atoms with Crippen LogP contribution < -0.4 is 4.90 Å². The molecule has 1 saturated heterocycles. The van der Waals surface area contributed by atoms with E-state index in [0.717, 1.165) is 27.8 Å². The van der Waals surface area contributed by atoms with Crippen molar-refractivity contribution < 1.29 is 13.2 Å². The second-order valence-corrected chi connectivity index (χ2v) is 12.0. The number of fused-ring (bicyclic) bond motifs is 1. The first kappa shape index (κ1) is 24.8. The number of anilines is 1. The quantitative estimate of drug-likeness (QED) is 0.318. The second kappa shape index (κ2) is 10.3. The number of benzene rings is 2. The molecule has 1 atom stereocenters. The molecule has 0 bridgehead atoms. The van der Waals surface area contributed by atoms with Gasteiger partial charge in [-0.3, -0.25) is 14.7 Å². The molecule has 5 rings (SSSR count). The molecule has 1 unspecified atom stereocenters. The molecular formula is C26H25ClN4O3S2. The van der Waals surface area contributed by atoms with Gasteiger partial charge in [-0.05, 0) is 66.8 Å². The Morgan fingerprint density at radius 3 is 2.69 bits per heavy atom. The fourth-order valence-corrected chi connectivity index (χ4v) is 7.30. The molecule has 1 aliphatic heterocycles. The van der Waals surface area contributed by atoms with E-state index >= 15 is 0 Å². The minimum Gasteiger partial charge on any atom is -0.282 e. The minimum absolute atomic E-state index is 0.123. The van der Waals surface area contributed by atoms with E-state index in [9.17, 15) is 13.2 Å². The number of amides is 1. The first-order chi connectivity index (χ1) is 17.4. The van der Waals surface area contributed by atoms with E-state index in [4.69, 9.17) is 16.6 Å². The van der Waals surface area contributed by atoms with E-state index in [2.05, 4.69) is 11.9 Å². The lowest BCUT2D eigenvalue weighted by Crippen LogP contribution is -2.47. The molecule has 2 aromatic carbocycles. The zero-order valence-corrected chi connectivity index (χ0v) is 22.1. The van der Waals surface area contributed by atoms with Gasteiger partial charge in [-0.1, -0.05) is 48.1 Å². The SMILES string of the molecule is CCc1cccc2sc(N(Cc3cccnc3)C(=O)C3CCCN3S(=O)(=O)c3ccc(Cl)cc3)nc12. The lowest BCUT2D eigenvalue weighted by Gasteiger charge is -2.28. The number of hydrogen-bond donors (Lipinski definition) is 0. The average Bonchev–Trinajstić information content (AvgIpc) is 3.55. The van der Waals surface area contributed by atoms with E-state index in [1.165, 1.54) is 27.8 Å². The molecule has 4 aromatic rings. The Morgan fingerprint density at radius 2 is 1.97 bits per heavy atom. The second-order valence-electron chi connectivity index (χ2n) is 8.63. The number of para-hydroxylation sites is 1. The molecule has 186 valence electrons. The predicted molar refractivity (Wildman–Crippen MR) is 143 cm³/mol. The molecule has 1 amide bonds. The summed E-state index contributed by atoms with van der Waals surface area (Å²) in [7, 11) is -3.88. The molecule has 0 N–H and O–H groups in total. The number of aryl methyl sites for hydroxylation is 1. The number of carbonyl (C=O) groups excluding carboxylic acids is 1. The maximum atomic E-state index is 14.1. The van der Waals surface area contributed by atoms with Gasteiger partial charge in [0.15, 0.2) is 5.13 Å². The van der Waals surface area contributed by atoms with E-state index in [0.29, 0.717) is 23.0 Å². The van der Waals surface area contributed by atoms with Gasteiger partial charge in [-0.2, -0.15) is 4.31 Å². The standard InChI is InChI=1S/C26H25ClN4O3S2/c1-2-19-7-3-9-23-24(19)29-26(35-23)30(17-18-6-4-14-28-16-18)25(32)22-8-5-15-31(22)36(33,34)21-12-10-20(27)11-13-21/h3-4,6-7,9-14,16,22H,2,5,8,15,17H2,1H3. The third-order valence-electron chi connectivity index (χ3n) is 6.34. The predicted octanol–water partition coefficient (Wildman–Crippen LogP) is 5.29. The van der Waals surface area contributed by atoms with Gasteiger partial charge in [-0.25, -0.2) is 13.4 Å². The van der Waals surface area contributed by atoms with Crippen LogP contribution in [0.3, 0.4) is 0 Å². The van der Waals surface area contributed by atoms with Gasteiger partial charge >= 0.3 is 0 Å². The van der Waals surface area contributed by atoms with Crippen LogP contribution >= 0.6 is 22.9 Å². The highest BCUT2D eigenvalue weighted by atomic mass is 35.5. The van der Waals surface area contributed by atoms with Crippen molar-refractivity contribution in [3.63, 3.8) is 0 Å². The van der Waals surface area contributed by atoms with Crippen LogP contribution in [0.2, 0.25) is 5.02 Å². The fourth-order valence-electron chi connectivity index (χ4n) is 4.51. The van der Waals surface area contributed by atoms with Crippen molar-refractivity contribution in [2.75, 3.05) is 11.4 Å². The summed E-state index contributed by atoms with van der Waals surface area (Å²) in [6.07, 6.45) is 5.26. The van der Waals surface area contributed by atoms with E-state index < -0.39 is 16.1 Å². The molecule has 7 nitrogen and oxygen atoms in total. The number of pyridine rings is 1. The number of thiazole rings is 1. The van der Waals surface area contributed by atoms with Gasteiger partial charge in [0.2, 0.25) is 15.9 Å². The van der Waals surface area contributed by atoms with Crippen LogP contribution in [0.1, 0.15) is 30.9 Å². The number of rotatable bonds is 7. The number of halogens is 1. The lowest BCUT2D eigenvalue weighted by atomic mass is 10.1. The highest BCUT2D eigenvalue weighted by Crippen LogP contribution is 2.35. The maximum absolute atomic E-state index is 14.1. The number of aromatic nitrogens is 2. The number of hydrogen-bond acceptors (Lipinski definition) is 6. The Labute approximate surface area is 219 Å². The summed E-state index contributed by atoms with van der Waals surface area (Å²) in [4.78, 5) is 24.8. The van der Waals surface area contributed by atoms with Gasteiger partial charge in [0.1, 0.15) is 6.04 Å². The summed E-state index contributed by atoms with van der Waals surface area (Å²) in [5.41, 5.74) is 2.82. The van der Waals surface area contributed by atoms with Gasteiger partial charge < -0.3 is 0 Å². The zero-order chi connectivity index (χ0) is 25.3. The molecule has 0 radical (unpaired) electrons. The van der Waals surface area contributed by atoms with E-state index in [1.807, 2.05) is 30.3 Å². The molecule has 1 aliphatic rings. The smallest absolute Gasteiger partial charge is 0.247 e. The van der Waals surface area contributed by atoms with Crippen molar-refractivity contribution in [3.05, 3.63) is 83.1 Å². The van der Waals surface area contributed by atoms with E-state index in [-0.39, 0.29) is 23.9 Å². The average molecular weight is 541 g/mol. The normalized spacial score (nSPS) is 16.4. The highest BCUT2D eigenvalue weighted by Gasteiger charge is 2.42. The summed E-state index contributed by atoms with van der Waals surface area (Å²) in [5, 5.41) is 1.00.